The van der Waals surface area contributed by atoms with E-state index in [4.69, 9.17) is 4.74 Å². The van der Waals surface area contributed by atoms with Crippen molar-refractivity contribution in [1.29, 1.82) is 0 Å². The number of nitrogens with one attached hydrogen (secondary N) is 4. The van der Waals surface area contributed by atoms with Crippen LogP contribution in [0.4, 0.5) is 16.2 Å². The predicted octanol–water partition coefficient (Wildman–Crippen LogP) is 3.69. The van der Waals surface area contributed by atoms with Crippen LogP contribution in [-0.4, -0.2) is 42.5 Å². The second kappa shape index (κ2) is 12.4. The monoisotopic (exact) mass is 453 g/mol. The first-order chi connectivity index (χ1) is 16.0. The molecule has 9 heteroatoms. The second-order valence-corrected chi connectivity index (χ2v) is 8.00. The first kappa shape index (κ1) is 24.0. The maximum absolute atomic E-state index is 12.3. The summed E-state index contributed by atoms with van der Waals surface area (Å²) in [6.07, 6.45) is 9.50. The van der Waals surface area contributed by atoms with Gasteiger partial charge in [-0.1, -0.05) is 19.3 Å². The van der Waals surface area contributed by atoms with Gasteiger partial charge in [0.25, 0.3) is 5.91 Å². The highest BCUT2D eigenvalue weighted by molar-refractivity contribution is 6.05. The van der Waals surface area contributed by atoms with E-state index in [1.807, 2.05) is 0 Å². The van der Waals surface area contributed by atoms with Crippen LogP contribution in [0.5, 0.6) is 5.75 Å². The van der Waals surface area contributed by atoms with Gasteiger partial charge in [-0.25, -0.2) is 4.79 Å². The summed E-state index contributed by atoms with van der Waals surface area (Å²) in [4.78, 5) is 40.5. The van der Waals surface area contributed by atoms with E-state index in [0.717, 1.165) is 25.7 Å². The van der Waals surface area contributed by atoms with Crippen LogP contribution in [-0.2, 0) is 4.79 Å². The number of ether oxygens (including phenoxy) is 1. The quantitative estimate of drug-likeness (QED) is 0.432. The van der Waals surface area contributed by atoms with Crippen molar-refractivity contribution in [3.05, 3.63) is 48.3 Å². The molecule has 0 aliphatic heterocycles. The minimum Gasteiger partial charge on any atom is -0.494 e. The third kappa shape index (κ3) is 7.78. The summed E-state index contributed by atoms with van der Waals surface area (Å²) in [5, 5.41) is 11.4. The Morgan fingerprint density at radius 1 is 1.09 bits per heavy atom. The van der Waals surface area contributed by atoms with Gasteiger partial charge >= 0.3 is 6.03 Å². The van der Waals surface area contributed by atoms with Gasteiger partial charge in [-0.15, -0.1) is 0 Å². The van der Waals surface area contributed by atoms with Crippen molar-refractivity contribution in [2.45, 2.75) is 51.0 Å². The number of hydrogen-bond acceptors (Lipinski definition) is 5. The minimum atomic E-state index is -0.307. The van der Waals surface area contributed by atoms with Crippen molar-refractivity contribution in [1.82, 2.24) is 15.6 Å². The number of amides is 4. The van der Waals surface area contributed by atoms with Crippen molar-refractivity contribution in [2.24, 2.45) is 0 Å². The van der Waals surface area contributed by atoms with E-state index >= 15 is 0 Å². The summed E-state index contributed by atoms with van der Waals surface area (Å²) in [5.41, 5.74) is 1.47. The molecule has 1 fully saturated rings. The SMILES string of the molecule is COc1cc(NC(=O)CCCNC(=O)NC2CCCCC2)ccc1NC(=O)c1cccnc1. The lowest BCUT2D eigenvalue weighted by Gasteiger charge is -2.22. The molecule has 1 saturated carbocycles. The molecular weight excluding hydrogens is 422 g/mol. The molecule has 0 radical (unpaired) electrons. The Hall–Kier alpha value is -3.62. The van der Waals surface area contributed by atoms with Gasteiger partial charge in [0.1, 0.15) is 5.75 Å². The Balaban J connectivity index is 1.41. The lowest BCUT2D eigenvalue weighted by atomic mass is 9.96. The van der Waals surface area contributed by atoms with Crippen LogP contribution in [0.15, 0.2) is 42.7 Å². The number of hydrogen-bond donors (Lipinski definition) is 4. The van der Waals surface area contributed by atoms with E-state index in [2.05, 4.69) is 26.3 Å². The lowest BCUT2D eigenvalue weighted by Crippen LogP contribution is -2.43. The van der Waals surface area contributed by atoms with E-state index in [-0.39, 0.29) is 30.3 Å². The van der Waals surface area contributed by atoms with Gasteiger partial charge in [0.15, 0.2) is 0 Å². The number of carbonyl (C=O) groups is 3. The highest BCUT2D eigenvalue weighted by Gasteiger charge is 2.15. The third-order valence-electron chi connectivity index (χ3n) is 5.46. The van der Waals surface area contributed by atoms with Crippen LogP contribution in [0.25, 0.3) is 0 Å². The molecule has 0 saturated heterocycles. The summed E-state index contributed by atoms with van der Waals surface area (Å²) in [6.45, 7) is 0.425. The van der Waals surface area contributed by atoms with Gasteiger partial charge in [-0.2, -0.15) is 0 Å². The maximum Gasteiger partial charge on any atom is 0.315 e. The van der Waals surface area contributed by atoms with E-state index in [9.17, 15) is 14.4 Å². The molecule has 0 bridgehead atoms. The normalized spacial score (nSPS) is 13.6. The molecule has 4 N–H and O–H groups in total. The fourth-order valence-corrected chi connectivity index (χ4v) is 3.72. The molecule has 176 valence electrons. The molecule has 1 aromatic carbocycles. The fourth-order valence-electron chi connectivity index (χ4n) is 3.72. The average molecular weight is 454 g/mol. The smallest absolute Gasteiger partial charge is 0.315 e. The molecule has 1 aliphatic carbocycles. The zero-order valence-corrected chi connectivity index (χ0v) is 18.9. The van der Waals surface area contributed by atoms with Crippen molar-refractivity contribution in [3.63, 3.8) is 0 Å². The maximum atomic E-state index is 12.3. The second-order valence-electron chi connectivity index (χ2n) is 8.00. The molecule has 0 atom stereocenters. The van der Waals surface area contributed by atoms with Gasteiger partial charge in [-0.05, 0) is 43.5 Å². The number of rotatable bonds is 9. The largest absolute Gasteiger partial charge is 0.494 e. The molecule has 4 amide bonds. The van der Waals surface area contributed by atoms with Crippen molar-refractivity contribution in [2.75, 3.05) is 24.3 Å². The first-order valence-corrected chi connectivity index (χ1v) is 11.3. The molecular formula is C24H31N5O4. The first-order valence-electron chi connectivity index (χ1n) is 11.3. The highest BCUT2D eigenvalue weighted by atomic mass is 16.5. The summed E-state index contributed by atoms with van der Waals surface area (Å²) >= 11 is 0. The standard InChI is InChI=1S/C24H31N5O4/c1-33-21-15-19(11-12-20(21)29-23(31)17-7-5-13-25-16-17)27-22(30)10-6-14-26-24(32)28-18-8-3-2-4-9-18/h5,7,11-13,15-16,18H,2-4,6,8-10,14H2,1H3,(H,27,30)(H,29,31)(H2,26,28,32). The van der Waals surface area contributed by atoms with Crippen LogP contribution in [0.2, 0.25) is 0 Å². The minimum absolute atomic E-state index is 0.168. The fraction of sp³-hybridized carbons (Fsp3) is 0.417. The number of benzene rings is 1. The summed E-state index contributed by atoms with van der Waals surface area (Å²) in [5.74, 6) is -0.0528. The lowest BCUT2D eigenvalue weighted by molar-refractivity contribution is -0.116. The number of urea groups is 1. The summed E-state index contributed by atoms with van der Waals surface area (Å²) < 4.78 is 5.36. The Bertz CT molecular complexity index is 945. The predicted molar refractivity (Wildman–Crippen MR) is 126 cm³/mol. The van der Waals surface area contributed by atoms with Gasteiger partial charge in [-0.3, -0.25) is 14.6 Å². The van der Waals surface area contributed by atoms with Gasteiger partial charge in [0, 0.05) is 43.2 Å². The molecule has 33 heavy (non-hydrogen) atoms. The number of methoxy groups -OCH3 is 1. The molecule has 2 aromatic rings. The Labute approximate surface area is 193 Å². The van der Waals surface area contributed by atoms with Gasteiger partial charge < -0.3 is 26.0 Å². The van der Waals surface area contributed by atoms with Gasteiger partial charge in [0.05, 0.1) is 18.4 Å². The number of nitrogens with zero attached hydrogens (tertiary/aromatic N) is 1. The van der Waals surface area contributed by atoms with Crippen LogP contribution < -0.4 is 26.0 Å². The molecule has 0 unspecified atom stereocenters. The summed E-state index contributed by atoms with van der Waals surface area (Å²) in [6, 6.07) is 8.44. The zero-order chi connectivity index (χ0) is 23.5. The number of carbonyl (C=O) groups excluding carboxylic acids is 3. The number of pyridine rings is 1. The van der Waals surface area contributed by atoms with E-state index in [0.29, 0.717) is 35.7 Å². The highest BCUT2D eigenvalue weighted by Crippen LogP contribution is 2.28. The van der Waals surface area contributed by atoms with Crippen LogP contribution in [0.1, 0.15) is 55.3 Å². The van der Waals surface area contributed by atoms with Crippen molar-refractivity contribution in [3.8, 4) is 5.75 Å². The summed E-state index contributed by atoms with van der Waals surface area (Å²) in [7, 11) is 1.49. The molecule has 0 spiro atoms. The molecule has 3 rings (SSSR count). The third-order valence-corrected chi connectivity index (χ3v) is 5.46. The number of aromatic nitrogens is 1. The zero-order valence-electron chi connectivity index (χ0n) is 18.9. The molecule has 1 aromatic heterocycles. The topological polar surface area (TPSA) is 121 Å². The number of anilines is 2. The van der Waals surface area contributed by atoms with E-state index in [1.54, 1.807) is 36.5 Å². The van der Waals surface area contributed by atoms with Crippen LogP contribution >= 0.6 is 0 Å². The Kier molecular flexibility index (Phi) is 9.05. The van der Waals surface area contributed by atoms with Crippen LogP contribution in [0.3, 0.4) is 0 Å². The van der Waals surface area contributed by atoms with E-state index < -0.39 is 0 Å². The Morgan fingerprint density at radius 2 is 1.91 bits per heavy atom. The van der Waals surface area contributed by atoms with Crippen molar-refractivity contribution < 1.29 is 19.1 Å². The molecule has 1 aliphatic rings. The van der Waals surface area contributed by atoms with E-state index in [1.165, 1.54) is 19.7 Å². The average Bonchev–Trinajstić information content (AvgIpc) is 2.84. The van der Waals surface area contributed by atoms with Gasteiger partial charge in [0.2, 0.25) is 5.91 Å². The molecule has 9 nitrogen and oxygen atoms in total. The Morgan fingerprint density at radius 3 is 2.64 bits per heavy atom. The molecule has 1 heterocycles. The van der Waals surface area contributed by atoms with Crippen LogP contribution in [0, 0.1) is 0 Å². The van der Waals surface area contributed by atoms with Crippen molar-refractivity contribution >= 4 is 29.2 Å².